The molecule has 9 aromatic rings. The van der Waals surface area contributed by atoms with Crippen molar-refractivity contribution < 1.29 is 0 Å². The monoisotopic (exact) mass is 938 g/mol. The number of nitrogens with zero attached hydrogens (tertiary/aromatic N) is 3. The number of para-hydroxylation sites is 1. The number of benzene rings is 9. The molecule has 0 radical (unpaired) electrons. The van der Waals surface area contributed by atoms with Crippen LogP contribution in [0.3, 0.4) is 0 Å². The molecular weight excluding hydrogens is 870 g/mol. The zero-order valence-corrected chi connectivity index (χ0v) is 44.4. The van der Waals surface area contributed by atoms with E-state index in [9.17, 15) is 0 Å². The molecule has 358 valence electrons. The Labute approximate surface area is 429 Å². The molecule has 2 aliphatic rings. The summed E-state index contributed by atoms with van der Waals surface area (Å²) in [5.74, 6) is 0. The largest absolute Gasteiger partial charge is 0.311 e. The Morgan fingerprint density at radius 3 is 1.26 bits per heavy atom. The van der Waals surface area contributed by atoms with Crippen LogP contribution in [0.25, 0.3) is 21.9 Å². The number of fused-ring (bicyclic) bond motifs is 5. The minimum Gasteiger partial charge on any atom is -0.311 e. The average Bonchev–Trinajstić information content (AvgIpc) is 3.35. The average molecular weight is 938 g/mol. The maximum Gasteiger partial charge on any atom is 0.252 e. The van der Waals surface area contributed by atoms with E-state index in [2.05, 4.69) is 292 Å². The highest BCUT2D eigenvalue weighted by atomic mass is 15.2. The minimum atomic E-state index is -0.0642. The minimum absolute atomic E-state index is 0.0207. The van der Waals surface area contributed by atoms with Gasteiger partial charge in [0.05, 0.1) is 5.69 Å². The Kier molecular flexibility index (Phi) is 11.2. The summed E-state index contributed by atoms with van der Waals surface area (Å²) in [6.45, 7) is 27.9. The third-order valence-electron chi connectivity index (χ3n) is 15.2. The number of anilines is 9. The smallest absolute Gasteiger partial charge is 0.252 e. The first kappa shape index (κ1) is 47.1. The van der Waals surface area contributed by atoms with E-state index < -0.39 is 0 Å². The molecule has 72 heavy (non-hydrogen) atoms. The summed E-state index contributed by atoms with van der Waals surface area (Å²) in [5.41, 5.74) is 21.8. The standard InChI is InChI=1S/C68H68BN3/c1-65(2,3)49-22-18-26-55(39-49)71-60-41-51(67(7,8)9)32-36-58(60)69-59-37-33-52(68(10,11)12)42-61(59)72(56-27-19-23-50(40-56)66(4,5)6)63-44-57(43-62(71)64(63)69)70(53-24-14-13-15-25-53)54-34-30-46(31-35-54)48-29-28-45-20-16-17-21-47(45)38-48/h13-44H,1-12H3. The van der Waals surface area contributed by atoms with E-state index in [4.69, 9.17) is 0 Å². The van der Waals surface area contributed by atoms with Gasteiger partial charge in [-0.2, -0.15) is 0 Å². The first-order chi connectivity index (χ1) is 34.2. The maximum absolute atomic E-state index is 2.60. The van der Waals surface area contributed by atoms with Gasteiger partial charge in [0.25, 0.3) is 6.71 Å². The van der Waals surface area contributed by atoms with Crippen molar-refractivity contribution in [3.8, 4) is 11.1 Å². The predicted molar refractivity (Wildman–Crippen MR) is 313 cm³/mol. The lowest BCUT2D eigenvalue weighted by molar-refractivity contribution is 0.589. The summed E-state index contributed by atoms with van der Waals surface area (Å²) < 4.78 is 0. The molecule has 0 atom stereocenters. The Hall–Kier alpha value is -7.30. The second-order valence-corrected chi connectivity index (χ2v) is 24.4. The summed E-state index contributed by atoms with van der Waals surface area (Å²) in [7, 11) is 0. The predicted octanol–water partition coefficient (Wildman–Crippen LogP) is 17.2. The first-order valence-electron chi connectivity index (χ1n) is 25.9. The van der Waals surface area contributed by atoms with E-state index >= 15 is 0 Å². The Morgan fingerprint density at radius 1 is 0.319 bits per heavy atom. The molecule has 0 unspecified atom stereocenters. The highest BCUT2D eigenvalue weighted by molar-refractivity contribution is 7.00. The van der Waals surface area contributed by atoms with Gasteiger partial charge in [-0.05, 0) is 161 Å². The normalized spacial score (nSPS) is 13.5. The van der Waals surface area contributed by atoms with E-state index in [0.717, 1.165) is 28.4 Å². The quantitative estimate of drug-likeness (QED) is 0.154. The Morgan fingerprint density at radius 2 is 0.764 bits per heavy atom. The van der Waals surface area contributed by atoms with Gasteiger partial charge in [0.15, 0.2) is 0 Å². The van der Waals surface area contributed by atoms with Crippen LogP contribution in [-0.2, 0) is 21.7 Å². The van der Waals surface area contributed by atoms with Gasteiger partial charge in [-0.1, -0.05) is 198 Å². The molecule has 4 heteroatoms. The molecule has 0 saturated carbocycles. The van der Waals surface area contributed by atoms with Crippen LogP contribution in [0.2, 0.25) is 0 Å². The van der Waals surface area contributed by atoms with Crippen LogP contribution < -0.4 is 31.1 Å². The SMILES string of the molecule is CC(C)(C)c1cccc(N2c3cc(C(C)(C)C)ccc3B3c4ccc(C(C)(C)C)cc4N(c4cccc(C(C)(C)C)c4)c4cc(N(c5ccccc5)c5ccc(-c6ccc7ccccc7c6)cc5)cc2c43)c1. The van der Waals surface area contributed by atoms with Crippen molar-refractivity contribution in [3.63, 3.8) is 0 Å². The van der Waals surface area contributed by atoms with E-state index in [1.807, 2.05) is 0 Å². The molecule has 2 aliphatic heterocycles. The molecule has 0 aliphatic carbocycles. The fourth-order valence-corrected chi connectivity index (χ4v) is 11.0. The zero-order valence-electron chi connectivity index (χ0n) is 44.4. The number of hydrogen-bond donors (Lipinski definition) is 0. The number of hydrogen-bond acceptors (Lipinski definition) is 3. The van der Waals surface area contributed by atoms with E-state index in [1.54, 1.807) is 0 Å². The lowest BCUT2D eigenvalue weighted by Gasteiger charge is -2.46. The van der Waals surface area contributed by atoms with Crippen LogP contribution in [-0.4, -0.2) is 6.71 Å². The topological polar surface area (TPSA) is 9.72 Å². The van der Waals surface area contributed by atoms with Crippen LogP contribution in [0.4, 0.5) is 51.2 Å². The van der Waals surface area contributed by atoms with Gasteiger partial charge in [-0.3, -0.25) is 0 Å². The third kappa shape index (κ3) is 8.39. The fraction of sp³-hybridized carbons (Fsp3) is 0.235. The molecule has 0 amide bonds. The van der Waals surface area contributed by atoms with Gasteiger partial charge in [0.2, 0.25) is 0 Å². The van der Waals surface area contributed by atoms with Gasteiger partial charge in [-0.15, -0.1) is 0 Å². The van der Waals surface area contributed by atoms with E-state index in [0.29, 0.717) is 0 Å². The first-order valence-corrected chi connectivity index (χ1v) is 25.9. The second-order valence-electron chi connectivity index (χ2n) is 24.4. The molecule has 0 bridgehead atoms. The van der Waals surface area contributed by atoms with Crippen molar-refractivity contribution >= 4 is 85.1 Å². The number of rotatable bonds is 6. The highest BCUT2D eigenvalue weighted by Gasteiger charge is 2.45. The van der Waals surface area contributed by atoms with Crippen LogP contribution in [0.5, 0.6) is 0 Å². The molecule has 0 spiro atoms. The van der Waals surface area contributed by atoms with E-state index in [1.165, 1.54) is 83.3 Å². The molecule has 11 rings (SSSR count). The van der Waals surface area contributed by atoms with Crippen molar-refractivity contribution in [2.24, 2.45) is 0 Å². The van der Waals surface area contributed by atoms with Crippen LogP contribution >= 0.6 is 0 Å². The van der Waals surface area contributed by atoms with Crippen molar-refractivity contribution in [2.45, 2.75) is 105 Å². The maximum atomic E-state index is 2.60. The van der Waals surface area contributed by atoms with Crippen molar-refractivity contribution in [1.82, 2.24) is 0 Å². The van der Waals surface area contributed by atoms with Crippen molar-refractivity contribution in [3.05, 3.63) is 216 Å². The van der Waals surface area contributed by atoms with Crippen molar-refractivity contribution in [2.75, 3.05) is 14.7 Å². The molecule has 3 nitrogen and oxygen atoms in total. The van der Waals surface area contributed by atoms with Gasteiger partial charge in [0.1, 0.15) is 0 Å². The van der Waals surface area contributed by atoms with E-state index in [-0.39, 0.29) is 28.4 Å². The highest BCUT2D eigenvalue weighted by Crippen LogP contribution is 2.50. The third-order valence-corrected chi connectivity index (χ3v) is 15.2. The van der Waals surface area contributed by atoms with Gasteiger partial charge in [0, 0.05) is 45.5 Å². The second kappa shape index (κ2) is 17.2. The summed E-state index contributed by atoms with van der Waals surface area (Å²) in [4.78, 5) is 7.66. The molecule has 0 N–H and O–H groups in total. The lowest BCUT2D eigenvalue weighted by Crippen LogP contribution is -2.61. The fourth-order valence-electron chi connectivity index (χ4n) is 11.0. The van der Waals surface area contributed by atoms with Crippen LogP contribution in [0, 0.1) is 0 Å². The molecule has 9 aromatic carbocycles. The molecule has 0 saturated heterocycles. The van der Waals surface area contributed by atoms with Gasteiger partial charge >= 0.3 is 0 Å². The van der Waals surface area contributed by atoms with Gasteiger partial charge < -0.3 is 14.7 Å². The molecular formula is C68H68BN3. The van der Waals surface area contributed by atoms with Crippen LogP contribution in [0.1, 0.15) is 105 Å². The summed E-state index contributed by atoms with van der Waals surface area (Å²) in [6, 6.07) is 73.8. The molecule has 0 aromatic heterocycles. The molecule has 2 heterocycles. The Balaban J connectivity index is 1.24. The zero-order chi connectivity index (χ0) is 50.5. The summed E-state index contributed by atoms with van der Waals surface area (Å²) in [6.07, 6.45) is 0. The summed E-state index contributed by atoms with van der Waals surface area (Å²) in [5, 5.41) is 2.49. The molecule has 0 fully saturated rings. The van der Waals surface area contributed by atoms with Crippen molar-refractivity contribution in [1.29, 1.82) is 0 Å². The Bertz CT molecular complexity index is 3380. The van der Waals surface area contributed by atoms with Gasteiger partial charge in [-0.25, -0.2) is 0 Å². The summed E-state index contributed by atoms with van der Waals surface area (Å²) >= 11 is 0. The lowest BCUT2D eigenvalue weighted by atomic mass is 9.33. The van der Waals surface area contributed by atoms with Crippen LogP contribution in [0.15, 0.2) is 194 Å².